The highest BCUT2D eigenvalue weighted by Crippen LogP contribution is 2.36. The van der Waals surface area contributed by atoms with Crippen LogP contribution in [0.15, 0.2) is 12.4 Å². The molecule has 106 valence electrons. The van der Waals surface area contributed by atoms with Crippen molar-refractivity contribution in [3.63, 3.8) is 0 Å². The van der Waals surface area contributed by atoms with Crippen molar-refractivity contribution in [1.82, 2.24) is 9.78 Å². The van der Waals surface area contributed by atoms with Crippen LogP contribution < -0.4 is 5.46 Å². The molecule has 19 heavy (non-hydrogen) atoms. The van der Waals surface area contributed by atoms with E-state index >= 15 is 0 Å². The summed E-state index contributed by atoms with van der Waals surface area (Å²) in [6.07, 6.45) is 3.71. The van der Waals surface area contributed by atoms with Gasteiger partial charge in [0.05, 0.1) is 11.2 Å². The summed E-state index contributed by atoms with van der Waals surface area (Å²) in [6, 6.07) is 1.14. The first-order valence-electron chi connectivity index (χ1n) is 6.81. The molecule has 0 spiro atoms. The zero-order valence-corrected chi connectivity index (χ0v) is 14.5. The van der Waals surface area contributed by atoms with E-state index in [1.54, 1.807) is 10.9 Å². The molecule has 0 N–H and O–H groups in total. The Labute approximate surface area is 118 Å². The minimum atomic E-state index is -0.350. The number of nitrogens with zero attached hydrogens (tertiary/aromatic N) is 2. The Morgan fingerprint density at radius 2 is 1.95 bits per heavy atom. The molecule has 0 unspecified atom stereocenters. The second-order valence-corrected chi connectivity index (χ2v) is 6.94. The van der Waals surface area contributed by atoms with E-state index < -0.39 is 0 Å². The lowest BCUT2D eigenvalue weighted by atomic mass is 9.82. The molecule has 2 rings (SSSR count). The molecule has 0 radical (unpaired) electrons. The zero-order valence-electron chi connectivity index (χ0n) is 12.5. The first-order chi connectivity index (χ1) is 8.86. The molecule has 0 amide bonds. The van der Waals surface area contributed by atoms with Gasteiger partial charge in [-0.1, -0.05) is 0 Å². The van der Waals surface area contributed by atoms with Gasteiger partial charge < -0.3 is 14.0 Å². The lowest BCUT2D eigenvalue weighted by Crippen LogP contribution is -2.41. The predicted molar refractivity (Wildman–Crippen MR) is 78.6 cm³/mol. The maximum absolute atomic E-state index is 5.98. The first kappa shape index (κ1) is 14.8. The molecule has 0 saturated carbocycles. The number of rotatable bonds is 5. The third-order valence-electron chi connectivity index (χ3n) is 3.75. The van der Waals surface area contributed by atoms with E-state index in [0.29, 0.717) is 6.73 Å². The third-order valence-corrected chi connectivity index (χ3v) is 4.16. The van der Waals surface area contributed by atoms with Crippen molar-refractivity contribution in [2.75, 3.05) is 6.61 Å². The lowest BCUT2D eigenvalue weighted by Gasteiger charge is -2.32. The minimum absolute atomic E-state index is 0.316. The highest BCUT2D eigenvalue weighted by molar-refractivity contribution is 6.61. The van der Waals surface area contributed by atoms with Crippen LogP contribution in [-0.4, -0.2) is 45.0 Å². The monoisotopic (exact) mass is 282 g/mol. The fourth-order valence-electron chi connectivity index (χ4n) is 1.85. The molecule has 5 nitrogen and oxygen atoms in total. The van der Waals surface area contributed by atoms with Gasteiger partial charge in [0.15, 0.2) is 0 Å². The van der Waals surface area contributed by atoms with Gasteiger partial charge in [-0.2, -0.15) is 5.10 Å². The minimum Gasteiger partial charge on any atom is -0.399 e. The van der Waals surface area contributed by atoms with Crippen molar-refractivity contribution < 1.29 is 14.0 Å². The van der Waals surface area contributed by atoms with Crippen molar-refractivity contribution in [3.8, 4) is 0 Å². The Morgan fingerprint density at radius 3 is 2.53 bits per heavy atom. The highest BCUT2D eigenvalue weighted by atomic mass is 28.1. The summed E-state index contributed by atoms with van der Waals surface area (Å²) < 4.78 is 19.2. The quantitative estimate of drug-likeness (QED) is 0.561. The van der Waals surface area contributed by atoms with Gasteiger partial charge in [-0.3, -0.25) is 0 Å². The highest BCUT2D eigenvalue weighted by Gasteiger charge is 2.52. The van der Waals surface area contributed by atoms with Gasteiger partial charge in [-0.15, -0.1) is 0 Å². The van der Waals surface area contributed by atoms with E-state index in [1.807, 2.05) is 33.9 Å². The summed E-state index contributed by atoms with van der Waals surface area (Å²) in [7, 11) is 0.821. The fraction of sp³-hybridized carbons (Fsp3) is 0.750. The van der Waals surface area contributed by atoms with Gasteiger partial charge in [-0.05, 0) is 33.7 Å². The molecular weight excluding hydrogens is 259 g/mol. The molecule has 1 aromatic heterocycles. The van der Waals surface area contributed by atoms with Crippen molar-refractivity contribution in [2.24, 2.45) is 0 Å². The van der Waals surface area contributed by atoms with E-state index in [-0.39, 0.29) is 18.3 Å². The average molecular weight is 282 g/mol. The standard InChI is InChI=1S/C12H23BN2O3Si/c1-11(2)12(3,4)18-13(17-11)10-7-14-15(8-10)9-16-5-6-19/h7-8H,5-6,9H2,1-4,19H3. The van der Waals surface area contributed by atoms with Gasteiger partial charge >= 0.3 is 7.12 Å². The van der Waals surface area contributed by atoms with Crippen LogP contribution in [0.4, 0.5) is 0 Å². The Hall–Kier alpha value is -0.628. The molecule has 1 aliphatic heterocycles. The van der Waals surface area contributed by atoms with E-state index in [4.69, 9.17) is 14.0 Å². The molecule has 0 atom stereocenters. The summed E-state index contributed by atoms with van der Waals surface area (Å²) >= 11 is 0. The van der Waals surface area contributed by atoms with Crippen LogP contribution in [0, 0.1) is 0 Å². The van der Waals surface area contributed by atoms with Gasteiger partial charge in [0.25, 0.3) is 0 Å². The van der Waals surface area contributed by atoms with E-state index in [9.17, 15) is 0 Å². The van der Waals surface area contributed by atoms with Crippen molar-refractivity contribution in [3.05, 3.63) is 12.4 Å². The Morgan fingerprint density at radius 1 is 1.32 bits per heavy atom. The third kappa shape index (κ3) is 3.10. The summed E-state index contributed by atoms with van der Waals surface area (Å²) in [5.74, 6) is 0. The molecule has 1 fully saturated rings. The first-order valence-corrected chi connectivity index (χ1v) is 8.23. The fourth-order valence-corrected chi connectivity index (χ4v) is 2.14. The zero-order chi connectivity index (χ0) is 14.1. The van der Waals surface area contributed by atoms with Gasteiger partial charge in [-0.25, -0.2) is 4.68 Å². The van der Waals surface area contributed by atoms with Crippen LogP contribution in [0.5, 0.6) is 0 Å². The molecule has 1 aliphatic rings. The maximum Gasteiger partial charge on any atom is 0.498 e. The van der Waals surface area contributed by atoms with Crippen LogP contribution in [0.2, 0.25) is 6.04 Å². The van der Waals surface area contributed by atoms with E-state index in [1.165, 1.54) is 10.2 Å². The molecule has 1 saturated heterocycles. The van der Waals surface area contributed by atoms with E-state index in [0.717, 1.165) is 18.1 Å². The van der Waals surface area contributed by atoms with Crippen LogP contribution in [0.25, 0.3) is 0 Å². The molecule has 0 aliphatic carbocycles. The molecule has 1 aromatic rings. The van der Waals surface area contributed by atoms with Crippen LogP contribution >= 0.6 is 0 Å². The predicted octanol–water partition coefficient (Wildman–Crippen LogP) is -0.0599. The van der Waals surface area contributed by atoms with Gasteiger partial charge in [0.1, 0.15) is 6.73 Å². The topological polar surface area (TPSA) is 45.5 Å². The number of hydrogen-bond acceptors (Lipinski definition) is 4. The van der Waals surface area contributed by atoms with Crippen molar-refractivity contribution in [2.45, 2.75) is 51.7 Å². The molecular formula is C12H23BN2O3Si. The maximum atomic E-state index is 5.98. The number of hydrogen-bond donors (Lipinski definition) is 0. The summed E-state index contributed by atoms with van der Waals surface area (Å²) in [5, 5.41) is 4.27. The van der Waals surface area contributed by atoms with Gasteiger partial charge in [0, 0.05) is 34.7 Å². The van der Waals surface area contributed by atoms with Gasteiger partial charge in [0.2, 0.25) is 0 Å². The largest absolute Gasteiger partial charge is 0.498 e. The second kappa shape index (κ2) is 5.40. The Balaban J connectivity index is 2.00. The van der Waals surface area contributed by atoms with Crippen molar-refractivity contribution >= 4 is 22.8 Å². The normalized spacial score (nSPS) is 21.2. The molecule has 0 bridgehead atoms. The Bertz CT molecular complexity index is 420. The SMILES string of the molecule is CC1(C)OB(c2cnn(COCC[SiH3])c2)OC1(C)C. The molecule has 2 heterocycles. The summed E-state index contributed by atoms with van der Waals surface area (Å²) in [4.78, 5) is 0. The number of ether oxygens (including phenoxy) is 1. The Kier molecular flexibility index (Phi) is 4.20. The average Bonchev–Trinajstić information content (AvgIpc) is 2.83. The lowest BCUT2D eigenvalue weighted by molar-refractivity contribution is 0.00578. The smallest absolute Gasteiger partial charge is 0.399 e. The summed E-state index contributed by atoms with van der Waals surface area (Å²) in [5.41, 5.74) is 0.305. The number of aromatic nitrogens is 2. The van der Waals surface area contributed by atoms with E-state index in [2.05, 4.69) is 5.10 Å². The van der Waals surface area contributed by atoms with Crippen LogP contribution in [-0.2, 0) is 20.8 Å². The second-order valence-electron chi connectivity index (χ2n) is 5.94. The molecule has 7 heteroatoms. The van der Waals surface area contributed by atoms with Crippen LogP contribution in [0.1, 0.15) is 27.7 Å². The summed E-state index contributed by atoms with van der Waals surface area (Å²) in [6.45, 7) is 9.48. The molecule has 0 aromatic carbocycles. The van der Waals surface area contributed by atoms with Crippen LogP contribution in [0.3, 0.4) is 0 Å². The van der Waals surface area contributed by atoms with Crippen molar-refractivity contribution in [1.29, 1.82) is 0 Å².